The minimum absolute atomic E-state index is 0.102. The fraction of sp³-hybridized carbons (Fsp3) is 0.875. The highest BCUT2D eigenvalue weighted by Crippen LogP contribution is 2.28. The highest BCUT2D eigenvalue weighted by atomic mass is 16.4. The standard InChI is InChI=1S/C16H28N2O3/c1-2-12-7-3-6-10-14(12)17-16(21)18(11-15(19)20)13-8-4-5-9-13/h12-14H,2-11H2,1H3,(H,17,21)(H,19,20). The zero-order chi connectivity index (χ0) is 15.2. The zero-order valence-corrected chi connectivity index (χ0v) is 13.0. The minimum Gasteiger partial charge on any atom is -0.480 e. The van der Waals surface area contributed by atoms with E-state index in [4.69, 9.17) is 5.11 Å². The average molecular weight is 296 g/mol. The predicted molar refractivity (Wildman–Crippen MR) is 81.2 cm³/mol. The van der Waals surface area contributed by atoms with Gasteiger partial charge in [-0.25, -0.2) is 4.79 Å². The van der Waals surface area contributed by atoms with Crippen molar-refractivity contribution in [1.29, 1.82) is 0 Å². The summed E-state index contributed by atoms with van der Waals surface area (Å²) in [4.78, 5) is 25.2. The first kappa shape index (κ1) is 16.1. The monoisotopic (exact) mass is 296 g/mol. The Hall–Kier alpha value is -1.26. The van der Waals surface area contributed by atoms with Crippen LogP contribution in [0.1, 0.15) is 64.7 Å². The van der Waals surface area contributed by atoms with Crippen molar-refractivity contribution < 1.29 is 14.7 Å². The van der Waals surface area contributed by atoms with Gasteiger partial charge in [0, 0.05) is 12.1 Å². The molecule has 2 aliphatic rings. The number of carboxylic acids is 1. The second-order valence-electron chi connectivity index (χ2n) is 6.47. The summed E-state index contributed by atoms with van der Waals surface area (Å²) in [6.45, 7) is 1.99. The van der Waals surface area contributed by atoms with Crippen LogP contribution in [0.15, 0.2) is 0 Å². The zero-order valence-electron chi connectivity index (χ0n) is 13.0. The number of nitrogens with zero attached hydrogens (tertiary/aromatic N) is 1. The lowest BCUT2D eigenvalue weighted by molar-refractivity contribution is -0.138. The molecule has 0 aromatic heterocycles. The molecule has 0 radical (unpaired) electrons. The van der Waals surface area contributed by atoms with E-state index in [1.54, 1.807) is 4.90 Å². The van der Waals surface area contributed by atoms with Crippen molar-refractivity contribution in [3.63, 3.8) is 0 Å². The van der Waals surface area contributed by atoms with Crippen LogP contribution in [-0.2, 0) is 4.79 Å². The van der Waals surface area contributed by atoms with Crippen LogP contribution in [0, 0.1) is 5.92 Å². The lowest BCUT2D eigenvalue weighted by Gasteiger charge is -2.35. The van der Waals surface area contributed by atoms with Crippen molar-refractivity contribution in [3.8, 4) is 0 Å². The number of hydrogen-bond acceptors (Lipinski definition) is 2. The summed E-state index contributed by atoms with van der Waals surface area (Å²) in [7, 11) is 0. The molecule has 2 aliphatic carbocycles. The average Bonchev–Trinajstić information content (AvgIpc) is 2.99. The number of carbonyl (C=O) groups excluding carboxylic acids is 1. The first-order chi connectivity index (χ1) is 10.1. The highest BCUT2D eigenvalue weighted by molar-refractivity contribution is 5.80. The Kier molecular flexibility index (Phi) is 5.88. The number of hydrogen-bond donors (Lipinski definition) is 2. The maximum atomic E-state index is 12.5. The SMILES string of the molecule is CCC1CCCCC1NC(=O)N(CC(=O)O)C1CCCC1. The first-order valence-electron chi connectivity index (χ1n) is 8.40. The molecule has 0 bridgehead atoms. The lowest BCUT2D eigenvalue weighted by Crippen LogP contribution is -2.52. The molecule has 2 amide bonds. The molecule has 120 valence electrons. The van der Waals surface area contributed by atoms with E-state index in [2.05, 4.69) is 12.2 Å². The summed E-state index contributed by atoms with van der Waals surface area (Å²) < 4.78 is 0. The van der Waals surface area contributed by atoms with Crippen LogP contribution in [0.2, 0.25) is 0 Å². The summed E-state index contributed by atoms with van der Waals surface area (Å²) in [6, 6.07) is 0.147. The maximum absolute atomic E-state index is 12.5. The highest BCUT2D eigenvalue weighted by Gasteiger charge is 2.31. The second-order valence-corrected chi connectivity index (χ2v) is 6.47. The van der Waals surface area contributed by atoms with Gasteiger partial charge in [-0.05, 0) is 31.6 Å². The van der Waals surface area contributed by atoms with E-state index in [9.17, 15) is 9.59 Å². The fourth-order valence-corrected chi connectivity index (χ4v) is 3.86. The molecular formula is C16H28N2O3. The number of carbonyl (C=O) groups is 2. The van der Waals surface area contributed by atoms with Gasteiger partial charge in [0.15, 0.2) is 0 Å². The number of aliphatic carboxylic acids is 1. The second kappa shape index (κ2) is 7.66. The van der Waals surface area contributed by atoms with Gasteiger partial charge in [-0.1, -0.05) is 39.0 Å². The van der Waals surface area contributed by atoms with E-state index in [1.165, 1.54) is 12.8 Å². The smallest absolute Gasteiger partial charge is 0.323 e. The Balaban J connectivity index is 1.97. The van der Waals surface area contributed by atoms with Crippen molar-refractivity contribution >= 4 is 12.0 Å². The van der Waals surface area contributed by atoms with E-state index < -0.39 is 5.97 Å². The summed E-state index contributed by atoms with van der Waals surface area (Å²) >= 11 is 0. The molecule has 0 aromatic rings. The number of carboxylic acid groups (broad SMARTS) is 1. The van der Waals surface area contributed by atoms with Gasteiger partial charge in [0.1, 0.15) is 6.54 Å². The van der Waals surface area contributed by atoms with Crippen LogP contribution in [0.3, 0.4) is 0 Å². The third kappa shape index (κ3) is 4.35. The van der Waals surface area contributed by atoms with Gasteiger partial charge < -0.3 is 15.3 Å². The van der Waals surface area contributed by atoms with Gasteiger partial charge in [0.2, 0.25) is 0 Å². The fourth-order valence-electron chi connectivity index (χ4n) is 3.86. The Bertz CT molecular complexity index is 367. The van der Waals surface area contributed by atoms with Crippen molar-refractivity contribution in [2.24, 2.45) is 5.92 Å². The third-order valence-electron chi connectivity index (χ3n) is 5.07. The molecule has 21 heavy (non-hydrogen) atoms. The summed E-state index contributed by atoms with van der Waals surface area (Å²) in [6.07, 6.45) is 9.72. The lowest BCUT2D eigenvalue weighted by atomic mass is 9.83. The Labute approximate surface area is 127 Å². The van der Waals surface area contributed by atoms with Gasteiger partial charge in [0.05, 0.1) is 0 Å². The first-order valence-corrected chi connectivity index (χ1v) is 8.40. The Morgan fingerprint density at radius 3 is 2.33 bits per heavy atom. The topological polar surface area (TPSA) is 69.6 Å². The number of rotatable bonds is 5. The molecule has 0 spiro atoms. The maximum Gasteiger partial charge on any atom is 0.323 e. The largest absolute Gasteiger partial charge is 0.480 e. The van der Waals surface area contributed by atoms with Crippen LogP contribution < -0.4 is 5.32 Å². The molecule has 2 N–H and O–H groups in total. The summed E-state index contributed by atoms with van der Waals surface area (Å²) in [5.41, 5.74) is 0. The van der Waals surface area contributed by atoms with Crippen molar-refractivity contribution in [2.75, 3.05) is 6.54 Å². The van der Waals surface area contributed by atoms with Crippen LogP contribution in [0.4, 0.5) is 4.79 Å². The molecule has 2 rings (SSSR count). The van der Waals surface area contributed by atoms with E-state index in [0.29, 0.717) is 5.92 Å². The number of amides is 2. The predicted octanol–water partition coefficient (Wildman–Crippen LogP) is 2.99. The molecule has 5 heteroatoms. The van der Waals surface area contributed by atoms with Crippen molar-refractivity contribution in [3.05, 3.63) is 0 Å². The van der Waals surface area contributed by atoms with Gasteiger partial charge in [0.25, 0.3) is 0 Å². The minimum atomic E-state index is -0.923. The molecule has 2 saturated carbocycles. The molecule has 5 nitrogen and oxygen atoms in total. The van der Waals surface area contributed by atoms with Crippen LogP contribution in [-0.4, -0.2) is 40.6 Å². The molecule has 0 aliphatic heterocycles. The quantitative estimate of drug-likeness (QED) is 0.819. The van der Waals surface area contributed by atoms with Crippen LogP contribution in [0.5, 0.6) is 0 Å². The van der Waals surface area contributed by atoms with Crippen LogP contribution >= 0.6 is 0 Å². The van der Waals surface area contributed by atoms with Gasteiger partial charge in [-0.2, -0.15) is 0 Å². The molecule has 0 heterocycles. The molecule has 2 atom stereocenters. The molecule has 2 unspecified atom stereocenters. The van der Waals surface area contributed by atoms with Gasteiger partial charge in [-0.3, -0.25) is 4.79 Å². The van der Waals surface area contributed by atoms with E-state index in [0.717, 1.165) is 44.9 Å². The Morgan fingerprint density at radius 1 is 1.10 bits per heavy atom. The van der Waals surface area contributed by atoms with Gasteiger partial charge >= 0.3 is 12.0 Å². The van der Waals surface area contributed by atoms with Crippen molar-refractivity contribution in [1.82, 2.24) is 10.2 Å². The third-order valence-corrected chi connectivity index (χ3v) is 5.07. The normalized spacial score (nSPS) is 26.5. The van der Waals surface area contributed by atoms with E-state index >= 15 is 0 Å². The molecule has 2 fully saturated rings. The van der Waals surface area contributed by atoms with Gasteiger partial charge in [-0.15, -0.1) is 0 Å². The van der Waals surface area contributed by atoms with E-state index in [-0.39, 0.29) is 24.7 Å². The summed E-state index contributed by atoms with van der Waals surface area (Å²) in [5.74, 6) is -0.384. The summed E-state index contributed by atoms with van der Waals surface area (Å²) in [5, 5.41) is 12.2. The molecule has 0 saturated heterocycles. The van der Waals surface area contributed by atoms with Crippen LogP contribution in [0.25, 0.3) is 0 Å². The van der Waals surface area contributed by atoms with E-state index in [1.807, 2.05) is 0 Å². The molecular weight excluding hydrogens is 268 g/mol. The Morgan fingerprint density at radius 2 is 1.71 bits per heavy atom. The number of nitrogens with one attached hydrogen (secondary N) is 1. The van der Waals surface area contributed by atoms with Crippen molar-refractivity contribution in [2.45, 2.75) is 76.8 Å². The molecule has 0 aromatic carbocycles. The number of urea groups is 1.